The van der Waals surface area contributed by atoms with Gasteiger partial charge in [-0.3, -0.25) is 0 Å². The van der Waals surface area contributed by atoms with Crippen LogP contribution in [0, 0.1) is 0 Å². The summed E-state index contributed by atoms with van der Waals surface area (Å²) in [5.41, 5.74) is 12.1. The van der Waals surface area contributed by atoms with Gasteiger partial charge in [-0.15, -0.1) is 0 Å². The van der Waals surface area contributed by atoms with Gasteiger partial charge in [0.25, 0.3) is 6.43 Å². The molecule has 2 N–H and O–H groups in total. The maximum atomic E-state index is 13.2. The van der Waals surface area contributed by atoms with Gasteiger partial charge >= 0.3 is 0 Å². The summed E-state index contributed by atoms with van der Waals surface area (Å²) in [6, 6.07) is 18.8. The second kappa shape index (κ2) is 6.49. The van der Waals surface area contributed by atoms with E-state index in [2.05, 4.69) is 17.2 Å². The highest BCUT2D eigenvalue weighted by molar-refractivity contribution is 5.82. The topological polar surface area (TPSA) is 56.2 Å². The summed E-state index contributed by atoms with van der Waals surface area (Å²) in [5.74, 6) is 0. The largest absolute Gasteiger partial charge is 0.324 e. The fourth-order valence-corrected chi connectivity index (χ4v) is 3.92. The molecule has 0 bridgehead atoms. The highest BCUT2D eigenvalue weighted by Crippen LogP contribution is 2.37. The molecule has 140 valence electrons. The Morgan fingerprint density at radius 2 is 1.82 bits per heavy atom. The molecule has 2 heterocycles. The number of nitrogens with two attached hydrogens (primary N) is 1. The molecule has 28 heavy (non-hydrogen) atoms. The van der Waals surface area contributed by atoms with Crippen LogP contribution in [0.1, 0.15) is 35.7 Å². The molecule has 2 aromatic heterocycles. The number of benzene rings is 2. The van der Waals surface area contributed by atoms with Crippen LogP contribution in [-0.2, 0) is 6.42 Å². The Labute approximate surface area is 160 Å². The van der Waals surface area contributed by atoms with E-state index in [1.807, 2.05) is 36.4 Å². The minimum atomic E-state index is -2.64. The molecular formula is C22H18F2N4. The van der Waals surface area contributed by atoms with Gasteiger partial charge in [-0.05, 0) is 42.2 Å². The molecule has 4 nitrogen and oxygen atoms in total. The second-order valence-electron chi connectivity index (χ2n) is 7.06. The molecule has 0 aliphatic heterocycles. The smallest absolute Gasteiger partial charge is 0.282 e. The standard InChI is InChI=1S/C22H18F2N4/c23-22(24)18-10-11-19-26-20(15-6-8-16-14(12-15)7-9-17(16)25)21(28(19)27-18)13-4-2-1-3-5-13/h1-6,8,10-12,17,22H,7,9,25H2/t17-/m0/s1. The summed E-state index contributed by atoms with van der Waals surface area (Å²) in [5, 5.41) is 4.17. The Morgan fingerprint density at radius 1 is 1.00 bits per heavy atom. The molecular weight excluding hydrogens is 358 g/mol. The van der Waals surface area contributed by atoms with Gasteiger partial charge in [0.15, 0.2) is 5.65 Å². The van der Waals surface area contributed by atoms with Crippen LogP contribution in [0.2, 0.25) is 0 Å². The number of hydrogen-bond acceptors (Lipinski definition) is 3. The van der Waals surface area contributed by atoms with E-state index in [1.165, 1.54) is 21.7 Å². The van der Waals surface area contributed by atoms with Crippen molar-refractivity contribution in [1.82, 2.24) is 14.6 Å². The van der Waals surface area contributed by atoms with Crippen molar-refractivity contribution in [1.29, 1.82) is 0 Å². The van der Waals surface area contributed by atoms with Crippen molar-refractivity contribution in [2.24, 2.45) is 5.73 Å². The molecule has 0 unspecified atom stereocenters. The Balaban J connectivity index is 1.77. The first-order chi connectivity index (χ1) is 13.6. The van der Waals surface area contributed by atoms with Gasteiger partial charge in [-0.2, -0.15) is 5.10 Å². The number of rotatable bonds is 3. The normalized spacial score (nSPS) is 16.1. The third-order valence-electron chi connectivity index (χ3n) is 5.31. The molecule has 0 spiro atoms. The van der Waals surface area contributed by atoms with Crippen LogP contribution in [0.15, 0.2) is 60.7 Å². The quantitative estimate of drug-likeness (QED) is 0.551. The van der Waals surface area contributed by atoms with E-state index in [-0.39, 0.29) is 11.7 Å². The molecule has 0 saturated heterocycles. The molecule has 0 saturated carbocycles. The first kappa shape index (κ1) is 17.0. The Morgan fingerprint density at radius 3 is 2.61 bits per heavy atom. The van der Waals surface area contributed by atoms with Crippen LogP contribution in [0.3, 0.4) is 0 Å². The molecule has 5 rings (SSSR count). The van der Waals surface area contributed by atoms with E-state index >= 15 is 0 Å². The molecule has 1 aliphatic rings. The maximum absolute atomic E-state index is 13.2. The highest BCUT2D eigenvalue weighted by atomic mass is 19.3. The van der Waals surface area contributed by atoms with E-state index in [1.54, 1.807) is 6.07 Å². The molecule has 4 aromatic rings. The van der Waals surface area contributed by atoms with Crippen molar-refractivity contribution in [2.75, 3.05) is 0 Å². The van der Waals surface area contributed by atoms with Crippen molar-refractivity contribution < 1.29 is 8.78 Å². The number of alkyl halides is 2. The van der Waals surface area contributed by atoms with Crippen LogP contribution in [0.4, 0.5) is 8.78 Å². The summed E-state index contributed by atoms with van der Waals surface area (Å²) < 4.78 is 28.0. The van der Waals surface area contributed by atoms with Crippen LogP contribution >= 0.6 is 0 Å². The van der Waals surface area contributed by atoms with E-state index in [9.17, 15) is 8.78 Å². The molecule has 0 fully saturated rings. The number of hydrogen-bond donors (Lipinski definition) is 1. The lowest BCUT2D eigenvalue weighted by Crippen LogP contribution is -2.04. The summed E-state index contributed by atoms with van der Waals surface area (Å²) in [7, 11) is 0. The number of halogens is 2. The van der Waals surface area contributed by atoms with Gasteiger partial charge in [-0.1, -0.05) is 42.5 Å². The monoisotopic (exact) mass is 376 g/mol. The number of aryl methyl sites for hydroxylation is 1. The number of aromatic nitrogens is 3. The fraction of sp³-hybridized carbons (Fsp3) is 0.182. The lowest BCUT2D eigenvalue weighted by Gasteiger charge is -2.09. The van der Waals surface area contributed by atoms with Crippen LogP contribution in [0.5, 0.6) is 0 Å². The zero-order valence-electron chi connectivity index (χ0n) is 15.0. The zero-order chi connectivity index (χ0) is 19.3. The number of imidazole rings is 1. The van der Waals surface area contributed by atoms with Crippen molar-refractivity contribution in [3.8, 4) is 22.5 Å². The third-order valence-corrected chi connectivity index (χ3v) is 5.31. The molecule has 0 amide bonds. The van der Waals surface area contributed by atoms with Crippen molar-refractivity contribution in [3.63, 3.8) is 0 Å². The fourth-order valence-electron chi connectivity index (χ4n) is 3.92. The minimum absolute atomic E-state index is 0.0778. The lowest BCUT2D eigenvalue weighted by atomic mass is 10.0. The minimum Gasteiger partial charge on any atom is -0.324 e. The van der Waals surface area contributed by atoms with Gasteiger partial charge < -0.3 is 5.73 Å². The highest BCUT2D eigenvalue weighted by Gasteiger charge is 2.23. The Kier molecular flexibility index (Phi) is 3.94. The van der Waals surface area contributed by atoms with E-state index in [4.69, 9.17) is 10.7 Å². The summed E-state index contributed by atoms with van der Waals surface area (Å²) in [6.45, 7) is 0. The SMILES string of the molecule is N[C@H]1CCc2cc(-c3nc4ccc(C(F)F)nn4c3-c3ccccc3)ccc21. The van der Waals surface area contributed by atoms with Crippen LogP contribution < -0.4 is 5.73 Å². The van der Waals surface area contributed by atoms with Gasteiger partial charge in [0.05, 0.1) is 5.69 Å². The second-order valence-corrected chi connectivity index (χ2v) is 7.06. The number of nitrogens with zero attached hydrogens (tertiary/aromatic N) is 3. The first-order valence-corrected chi connectivity index (χ1v) is 9.24. The predicted octanol–water partition coefficient (Wildman–Crippen LogP) is 4.95. The Hall–Kier alpha value is -3.12. The average molecular weight is 376 g/mol. The van der Waals surface area contributed by atoms with Gasteiger partial charge in [0.1, 0.15) is 11.4 Å². The molecule has 2 aromatic carbocycles. The molecule has 0 radical (unpaired) electrons. The number of fused-ring (bicyclic) bond motifs is 2. The van der Waals surface area contributed by atoms with Crippen molar-refractivity contribution >= 4 is 5.65 Å². The summed E-state index contributed by atoms with van der Waals surface area (Å²) in [4.78, 5) is 4.73. The maximum Gasteiger partial charge on any atom is 0.282 e. The third kappa shape index (κ3) is 2.68. The van der Waals surface area contributed by atoms with Crippen LogP contribution in [-0.4, -0.2) is 14.6 Å². The first-order valence-electron chi connectivity index (χ1n) is 9.24. The zero-order valence-corrected chi connectivity index (χ0v) is 15.0. The van der Waals surface area contributed by atoms with Crippen molar-refractivity contribution in [2.45, 2.75) is 25.3 Å². The van der Waals surface area contributed by atoms with Crippen molar-refractivity contribution in [3.05, 3.63) is 77.5 Å². The van der Waals surface area contributed by atoms with E-state index < -0.39 is 6.43 Å². The van der Waals surface area contributed by atoms with Gasteiger partial charge in [-0.25, -0.2) is 18.3 Å². The lowest BCUT2D eigenvalue weighted by molar-refractivity contribution is 0.144. The van der Waals surface area contributed by atoms with E-state index in [0.717, 1.165) is 29.7 Å². The van der Waals surface area contributed by atoms with E-state index in [0.29, 0.717) is 11.3 Å². The predicted molar refractivity (Wildman–Crippen MR) is 104 cm³/mol. The molecule has 1 atom stereocenters. The van der Waals surface area contributed by atoms with Gasteiger partial charge in [0.2, 0.25) is 0 Å². The molecule has 6 heteroatoms. The Bertz CT molecular complexity index is 1170. The molecule has 1 aliphatic carbocycles. The summed E-state index contributed by atoms with van der Waals surface area (Å²) in [6.07, 6.45) is -0.763. The van der Waals surface area contributed by atoms with Crippen LogP contribution in [0.25, 0.3) is 28.2 Å². The van der Waals surface area contributed by atoms with Gasteiger partial charge in [0, 0.05) is 17.2 Å². The average Bonchev–Trinajstić information content (AvgIpc) is 3.28. The summed E-state index contributed by atoms with van der Waals surface area (Å²) >= 11 is 0.